The molecule has 2 atom stereocenters. The second kappa shape index (κ2) is 16.1. The van der Waals surface area contributed by atoms with E-state index in [1.54, 1.807) is 11.0 Å². The Morgan fingerprint density at radius 1 is 0.936 bits per heavy atom. The van der Waals surface area contributed by atoms with E-state index in [-0.39, 0.29) is 31.4 Å². The molecule has 9 nitrogen and oxygen atoms in total. The van der Waals surface area contributed by atoms with Gasteiger partial charge < -0.3 is 30.9 Å². The Morgan fingerprint density at radius 2 is 1.68 bits per heavy atom. The van der Waals surface area contributed by atoms with E-state index in [0.717, 1.165) is 72.6 Å². The maximum atomic E-state index is 14.6. The van der Waals surface area contributed by atoms with Crippen LogP contribution in [0.1, 0.15) is 83.8 Å². The lowest BCUT2D eigenvalue weighted by atomic mass is 9.83. The predicted octanol–water partition coefficient (Wildman–Crippen LogP) is 5.95. The number of hydrogen-bond donors (Lipinski definition) is 3. The van der Waals surface area contributed by atoms with Crippen LogP contribution in [0.25, 0.3) is 10.8 Å². The van der Waals surface area contributed by atoms with Crippen molar-refractivity contribution in [2.45, 2.75) is 102 Å². The van der Waals surface area contributed by atoms with Crippen LogP contribution in [0, 0.1) is 5.89 Å². The van der Waals surface area contributed by atoms with Gasteiger partial charge in [-0.15, -0.1) is 11.3 Å². The van der Waals surface area contributed by atoms with Gasteiger partial charge in [-0.1, -0.05) is 87.8 Å². The molecular weight excluding hydrogens is 611 g/mol. The summed E-state index contributed by atoms with van der Waals surface area (Å²) in [6.07, 6.45) is 8.33. The van der Waals surface area contributed by atoms with Crippen molar-refractivity contribution in [1.29, 1.82) is 0 Å². The van der Waals surface area contributed by atoms with E-state index >= 15 is 0 Å². The Hall–Kier alpha value is -3.47. The molecule has 3 fully saturated rings. The second-order valence-electron chi connectivity index (χ2n) is 13.0. The Bertz CT molecular complexity index is 1580. The van der Waals surface area contributed by atoms with E-state index in [0.29, 0.717) is 38.1 Å². The number of benzene rings is 2. The van der Waals surface area contributed by atoms with Crippen LogP contribution in [-0.4, -0.2) is 65.4 Å². The number of nitrogens with one attached hydrogen (secondary N) is 2. The summed E-state index contributed by atoms with van der Waals surface area (Å²) in [4.78, 5) is 46.3. The molecule has 1 aromatic heterocycles. The number of nitrogens with zero attached hydrogens (tertiary/aromatic N) is 2. The summed E-state index contributed by atoms with van der Waals surface area (Å²) in [6.45, 7) is 0.942. The minimum Gasteiger partial charge on any atom is -0.410 e. The zero-order chi connectivity index (χ0) is 34.4. The smallest absolute Gasteiger partial charge is 0.410 e. The third-order valence-electron chi connectivity index (χ3n) is 9.82. The maximum Gasteiger partial charge on any atom is 0.415 e. The topological polar surface area (TPSA) is 117 Å². The quantitative estimate of drug-likeness (QED) is 0.247. The average molecular weight is 662 g/mol. The molecule has 2 saturated carbocycles. The second-order valence-corrected chi connectivity index (χ2v) is 14.0. The van der Waals surface area contributed by atoms with E-state index in [9.17, 15) is 17.1 Å². The van der Waals surface area contributed by atoms with Crippen LogP contribution in [0.4, 0.5) is 4.79 Å². The standard InChI is InChI=1S/C37H49N5O4S/c38-23-27-17-18-34(31-16-8-7-15-30(27)31)46-37(45)41-19-20-42(33(25-41)35(43)39-24-29-14-9-21-47-29)36(44)32(22-26-10-3-1-4-11-26)40-28-12-5-2-6-13-28/h7-9,14-18,21,26,28,32-33,40H,1-6,10-13,19-20,22-25,38H2,(H,39,43)/t32-,33-/m0/s1/i26D,28D. The number of piperazine rings is 1. The minimum absolute atomic E-state index is 0.0373. The van der Waals surface area contributed by atoms with Crippen LogP contribution in [0.15, 0.2) is 53.9 Å². The number of nitrogens with two attached hydrogens (primary N) is 1. The molecule has 3 aliphatic rings. The number of thiophene rings is 1. The van der Waals surface area contributed by atoms with E-state index in [1.165, 1.54) is 16.2 Å². The molecule has 0 bridgehead atoms. The number of ether oxygens (including phenoxy) is 1. The van der Waals surface area contributed by atoms with Crippen LogP contribution >= 0.6 is 11.3 Å². The first-order chi connectivity index (χ1) is 23.7. The van der Waals surface area contributed by atoms with Gasteiger partial charge in [0.05, 0.1) is 19.1 Å². The highest BCUT2D eigenvalue weighted by Gasteiger charge is 2.41. The third-order valence-corrected chi connectivity index (χ3v) is 10.7. The average Bonchev–Trinajstić information content (AvgIpc) is 3.64. The molecule has 47 heavy (non-hydrogen) atoms. The van der Waals surface area contributed by atoms with Crippen molar-refractivity contribution < 1.29 is 21.9 Å². The van der Waals surface area contributed by atoms with Crippen molar-refractivity contribution in [2.75, 3.05) is 19.6 Å². The number of hydrogen-bond acceptors (Lipinski definition) is 7. The van der Waals surface area contributed by atoms with Gasteiger partial charge in [0.2, 0.25) is 11.8 Å². The van der Waals surface area contributed by atoms with E-state index in [2.05, 4.69) is 10.6 Å². The molecule has 1 saturated heterocycles. The zero-order valence-corrected chi connectivity index (χ0v) is 28.0. The molecule has 2 aromatic carbocycles. The monoisotopic (exact) mass is 661 g/mol. The molecule has 0 radical (unpaired) electrons. The summed E-state index contributed by atoms with van der Waals surface area (Å²) < 4.78 is 24.4. The molecule has 1 aliphatic heterocycles. The molecular formula is C37H49N5O4S. The van der Waals surface area contributed by atoms with Crippen LogP contribution in [-0.2, 0) is 22.7 Å². The van der Waals surface area contributed by atoms with E-state index < -0.39 is 30.1 Å². The van der Waals surface area contributed by atoms with Gasteiger partial charge in [0.25, 0.3) is 0 Å². The summed E-state index contributed by atoms with van der Waals surface area (Å²) >= 11 is 1.53. The Balaban J connectivity index is 1.24. The Labute approximate surface area is 285 Å². The van der Waals surface area contributed by atoms with E-state index in [4.69, 9.17) is 10.5 Å². The molecule has 2 heterocycles. The van der Waals surface area contributed by atoms with Gasteiger partial charge in [-0.05, 0) is 53.6 Å². The molecule has 3 aromatic rings. The largest absolute Gasteiger partial charge is 0.415 e. The number of rotatable bonds is 10. The summed E-state index contributed by atoms with van der Waals surface area (Å²) in [5.74, 6) is -0.989. The fraction of sp³-hybridized carbons (Fsp3) is 0.541. The third kappa shape index (κ3) is 8.34. The van der Waals surface area contributed by atoms with Crippen LogP contribution < -0.4 is 21.1 Å². The Morgan fingerprint density at radius 3 is 2.40 bits per heavy atom. The predicted molar refractivity (Wildman–Crippen MR) is 186 cm³/mol. The first-order valence-electron chi connectivity index (χ1n) is 18.2. The van der Waals surface area contributed by atoms with E-state index in [1.807, 2.05) is 47.8 Å². The fourth-order valence-corrected chi connectivity index (χ4v) is 7.86. The summed E-state index contributed by atoms with van der Waals surface area (Å²) in [6, 6.07) is 12.4. The molecule has 252 valence electrons. The highest BCUT2D eigenvalue weighted by atomic mass is 32.1. The van der Waals surface area contributed by atoms with Gasteiger partial charge in [-0.2, -0.15) is 0 Å². The fourth-order valence-electron chi connectivity index (χ4n) is 7.22. The SMILES string of the molecule is [2H]C1(C[C@H](NC2([2H])CCCCC2)C(=O)N2CCN(C(=O)Oc3ccc(CN)c4ccccc34)C[C@H]2C(=O)NCc2cccs2)CCCCC1. The molecule has 2 aliphatic carbocycles. The van der Waals surface area contributed by atoms with Crippen molar-refractivity contribution in [3.8, 4) is 5.75 Å². The molecule has 0 spiro atoms. The van der Waals surface area contributed by atoms with Crippen LogP contribution in [0.3, 0.4) is 0 Å². The first-order valence-corrected chi connectivity index (χ1v) is 18.1. The first kappa shape index (κ1) is 30.8. The van der Waals surface area contributed by atoms with Gasteiger partial charge in [0.15, 0.2) is 0 Å². The summed E-state index contributed by atoms with van der Waals surface area (Å²) in [7, 11) is 0. The van der Waals surface area contributed by atoms with Gasteiger partial charge in [-0.3, -0.25) is 9.59 Å². The lowest BCUT2D eigenvalue weighted by Crippen LogP contribution is -2.64. The maximum absolute atomic E-state index is 14.6. The number of fused-ring (bicyclic) bond motifs is 1. The van der Waals surface area contributed by atoms with Crippen molar-refractivity contribution in [1.82, 2.24) is 20.4 Å². The lowest BCUT2D eigenvalue weighted by Gasteiger charge is -2.42. The van der Waals surface area contributed by atoms with Gasteiger partial charge in [-0.25, -0.2) is 4.79 Å². The number of carbonyl (C=O) groups excluding carboxylic acids is 3. The molecule has 3 amide bonds. The number of amides is 3. The normalized spacial score (nSPS) is 22.2. The molecule has 0 unspecified atom stereocenters. The van der Waals surface area contributed by atoms with Crippen molar-refractivity contribution in [3.05, 3.63) is 64.4 Å². The highest BCUT2D eigenvalue weighted by Crippen LogP contribution is 2.31. The number of carbonyl (C=O) groups is 3. The van der Waals surface area contributed by atoms with Crippen molar-refractivity contribution >= 4 is 40.0 Å². The minimum atomic E-state index is -0.962. The molecule has 10 heteroatoms. The molecule has 6 rings (SSSR count). The van der Waals surface area contributed by atoms with Gasteiger partial charge in [0.1, 0.15) is 11.8 Å². The lowest BCUT2D eigenvalue weighted by molar-refractivity contribution is -0.145. The summed E-state index contributed by atoms with van der Waals surface area (Å²) in [5.41, 5.74) is 6.89. The van der Waals surface area contributed by atoms with Gasteiger partial charge in [0, 0.05) is 38.7 Å². The zero-order valence-electron chi connectivity index (χ0n) is 29.2. The van der Waals surface area contributed by atoms with Crippen molar-refractivity contribution in [2.24, 2.45) is 11.6 Å². The Kier molecular flexibility index (Phi) is 10.6. The molecule has 4 N–H and O–H groups in total. The summed E-state index contributed by atoms with van der Waals surface area (Å²) in [5, 5.41) is 10.0. The van der Waals surface area contributed by atoms with Crippen LogP contribution in [0.2, 0.25) is 0 Å². The van der Waals surface area contributed by atoms with Crippen molar-refractivity contribution in [3.63, 3.8) is 0 Å². The van der Waals surface area contributed by atoms with Gasteiger partial charge >= 0.3 is 6.09 Å². The highest BCUT2D eigenvalue weighted by molar-refractivity contribution is 7.09. The van der Waals surface area contributed by atoms with Crippen LogP contribution in [0.5, 0.6) is 5.75 Å².